The summed E-state index contributed by atoms with van der Waals surface area (Å²) >= 11 is 8.03. The number of rotatable bonds is 1. The maximum atomic E-state index is 6.23. The average molecular weight is 319 g/mol. The molecule has 0 atom stereocenters. The molecule has 2 aromatic carbocycles. The molecule has 2 aliphatic rings. The van der Waals surface area contributed by atoms with Gasteiger partial charge in [0, 0.05) is 27.9 Å². The Balaban J connectivity index is 1.85. The minimum atomic E-state index is 0.766. The standard InChI is InChI=1S/C16H15ClN2OS/c17-12-5-6-16-14(11-12)19(18-7-9-20-10-8-18)13-3-1-2-4-15(13)21-16/h1-6,11H,7-10H2. The van der Waals surface area contributed by atoms with Crippen LogP contribution in [0.4, 0.5) is 11.4 Å². The normalized spacial score (nSPS) is 18.2. The number of benzene rings is 2. The van der Waals surface area contributed by atoms with Crippen molar-refractivity contribution < 1.29 is 4.74 Å². The minimum absolute atomic E-state index is 0.766. The molecule has 3 nitrogen and oxygen atoms in total. The fourth-order valence-electron chi connectivity index (χ4n) is 2.77. The second-order valence-electron chi connectivity index (χ2n) is 5.06. The number of anilines is 2. The van der Waals surface area contributed by atoms with Crippen LogP contribution in [0.3, 0.4) is 0 Å². The molecule has 1 fully saturated rings. The van der Waals surface area contributed by atoms with Crippen molar-refractivity contribution in [3.8, 4) is 0 Å². The molecule has 0 amide bonds. The van der Waals surface area contributed by atoms with Gasteiger partial charge in [0.1, 0.15) is 0 Å². The van der Waals surface area contributed by atoms with Gasteiger partial charge in [-0.25, -0.2) is 5.01 Å². The highest BCUT2D eigenvalue weighted by Gasteiger charge is 2.28. The van der Waals surface area contributed by atoms with Crippen molar-refractivity contribution in [2.45, 2.75) is 9.79 Å². The lowest BCUT2D eigenvalue weighted by atomic mass is 10.2. The van der Waals surface area contributed by atoms with Gasteiger partial charge in [-0.05, 0) is 30.3 Å². The van der Waals surface area contributed by atoms with E-state index in [-0.39, 0.29) is 0 Å². The van der Waals surface area contributed by atoms with E-state index in [2.05, 4.69) is 46.4 Å². The van der Waals surface area contributed by atoms with Gasteiger partial charge < -0.3 is 4.74 Å². The van der Waals surface area contributed by atoms with Crippen molar-refractivity contribution in [3.05, 3.63) is 47.5 Å². The van der Waals surface area contributed by atoms with Crippen molar-refractivity contribution in [1.29, 1.82) is 0 Å². The molecule has 2 aromatic rings. The van der Waals surface area contributed by atoms with E-state index in [1.807, 2.05) is 6.07 Å². The molecule has 0 aromatic heterocycles. The molecule has 2 heterocycles. The van der Waals surface area contributed by atoms with Crippen LogP contribution < -0.4 is 5.01 Å². The van der Waals surface area contributed by atoms with Gasteiger partial charge in [0.05, 0.1) is 24.6 Å². The Labute approximate surface area is 133 Å². The Morgan fingerprint density at radius 2 is 1.71 bits per heavy atom. The fourth-order valence-corrected chi connectivity index (χ4v) is 3.96. The van der Waals surface area contributed by atoms with Crippen LogP contribution in [0.5, 0.6) is 0 Å². The summed E-state index contributed by atoms with van der Waals surface area (Å²) < 4.78 is 5.49. The van der Waals surface area contributed by atoms with Crippen LogP contribution in [0.15, 0.2) is 52.3 Å². The summed E-state index contributed by atoms with van der Waals surface area (Å²) in [6, 6.07) is 14.6. The average Bonchev–Trinajstić information content (AvgIpc) is 2.53. The summed E-state index contributed by atoms with van der Waals surface area (Å²) in [6.45, 7) is 3.32. The number of nitrogens with zero attached hydrogens (tertiary/aromatic N) is 2. The molecule has 5 heteroatoms. The SMILES string of the molecule is Clc1ccc2c(c1)N(N1CCOCC1)c1ccccc1S2. The molecule has 0 saturated carbocycles. The Kier molecular flexibility index (Phi) is 3.55. The van der Waals surface area contributed by atoms with Gasteiger partial charge in [-0.2, -0.15) is 0 Å². The first kappa shape index (κ1) is 13.5. The number of halogens is 1. The van der Waals surface area contributed by atoms with Crippen molar-refractivity contribution >= 4 is 34.7 Å². The Bertz CT molecular complexity index is 673. The zero-order valence-corrected chi connectivity index (χ0v) is 13.0. The van der Waals surface area contributed by atoms with Crippen LogP contribution in [-0.2, 0) is 4.74 Å². The van der Waals surface area contributed by atoms with Crippen molar-refractivity contribution in [1.82, 2.24) is 5.01 Å². The Hall–Kier alpha value is -1.20. The monoisotopic (exact) mass is 318 g/mol. The molecular weight excluding hydrogens is 304 g/mol. The maximum Gasteiger partial charge on any atom is 0.0735 e. The van der Waals surface area contributed by atoms with Crippen molar-refractivity contribution in [3.63, 3.8) is 0 Å². The van der Waals surface area contributed by atoms with Crippen LogP contribution >= 0.6 is 23.4 Å². The van der Waals surface area contributed by atoms with E-state index in [9.17, 15) is 0 Å². The van der Waals surface area contributed by atoms with Crippen LogP contribution in [0, 0.1) is 0 Å². The molecule has 0 radical (unpaired) electrons. The fraction of sp³-hybridized carbons (Fsp3) is 0.250. The van der Waals surface area contributed by atoms with Gasteiger partial charge in [0.2, 0.25) is 0 Å². The van der Waals surface area contributed by atoms with E-state index in [4.69, 9.17) is 16.3 Å². The predicted molar refractivity (Wildman–Crippen MR) is 86.5 cm³/mol. The third-order valence-corrected chi connectivity index (χ3v) is 5.10. The molecule has 108 valence electrons. The second-order valence-corrected chi connectivity index (χ2v) is 6.58. The second kappa shape index (κ2) is 5.54. The zero-order valence-electron chi connectivity index (χ0n) is 11.5. The molecular formula is C16H15ClN2OS. The lowest BCUT2D eigenvalue weighted by Crippen LogP contribution is -2.47. The molecule has 4 rings (SSSR count). The number of ether oxygens (including phenoxy) is 1. The Morgan fingerprint density at radius 3 is 2.57 bits per heavy atom. The van der Waals surface area contributed by atoms with Gasteiger partial charge >= 0.3 is 0 Å². The van der Waals surface area contributed by atoms with Gasteiger partial charge in [-0.15, -0.1) is 0 Å². The quantitative estimate of drug-likeness (QED) is 0.783. The number of fused-ring (bicyclic) bond motifs is 2. The topological polar surface area (TPSA) is 15.7 Å². The zero-order chi connectivity index (χ0) is 14.2. The number of hydrazine groups is 1. The lowest BCUT2D eigenvalue weighted by Gasteiger charge is -2.42. The Morgan fingerprint density at radius 1 is 0.952 bits per heavy atom. The van der Waals surface area contributed by atoms with E-state index < -0.39 is 0 Å². The van der Waals surface area contributed by atoms with Crippen LogP contribution in [0.2, 0.25) is 5.02 Å². The van der Waals surface area contributed by atoms with E-state index in [0.29, 0.717) is 0 Å². The van der Waals surface area contributed by atoms with Crippen LogP contribution in [0.1, 0.15) is 0 Å². The molecule has 0 N–H and O–H groups in total. The van der Waals surface area contributed by atoms with Crippen LogP contribution in [0.25, 0.3) is 0 Å². The summed E-state index contributed by atoms with van der Waals surface area (Å²) in [4.78, 5) is 2.52. The first-order chi connectivity index (χ1) is 10.3. The molecule has 1 saturated heterocycles. The summed E-state index contributed by atoms with van der Waals surface area (Å²) in [5.74, 6) is 0. The number of hydrogen-bond donors (Lipinski definition) is 0. The smallest absolute Gasteiger partial charge is 0.0735 e. The molecule has 0 bridgehead atoms. The summed E-state index contributed by atoms with van der Waals surface area (Å²) in [7, 11) is 0. The number of hydrogen-bond acceptors (Lipinski definition) is 4. The summed E-state index contributed by atoms with van der Waals surface area (Å²) in [5, 5.41) is 5.42. The number of morpholine rings is 1. The van der Waals surface area contributed by atoms with Crippen LogP contribution in [-0.4, -0.2) is 31.3 Å². The number of para-hydroxylation sites is 1. The predicted octanol–water partition coefficient (Wildman–Crippen LogP) is 4.19. The summed E-state index contributed by atoms with van der Waals surface area (Å²) in [5.41, 5.74) is 2.38. The van der Waals surface area contributed by atoms with E-state index in [0.717, 1.165) is 37.0 Å². The van der Waals surface area contributed by atoms with Crippen molar-refractivity contribution in [2.24, 2.45) is 0 Å². The molecule has 2 aliphatic heterocycles. The van der Waals surface area contributed by atoms with E-state index >= 15 is 0 Å². The highest BCUT2D eigenvalue weighted by Crippen LogP contribution is 2.49. The maximum absolute atomic E-state index is 6.23. The molecule has 0 unspecified atom stereocenters. The molecule has 0 spiro atoms. The largest absolute Gasteiger partial charge is 0.379 e. The van der Waals surface area contributed by atoms with Gasteiger partial charge in [0.25, 0.3) is 0 Å². The van der Waals surface area contributed by atoms with Gasteiger partial charge in [0.15, 0.2) is 0 Å². The first-order valence-corrected chi connectivity index (χ1v) is 8.21. The van der Waals surface area contributed by atoms with Crippen molar-refractivity contribution in [2.75, 3.05) is 31.3 Å². The highest BCUT2D eigenvalue weighted by atomic mass is 35.5. The summed E-state index contributed by atoms with van der Waals surface area (Å²) in [6.07, 6.45) is 0. The minimum Gasteiger partial charge on any atom is -0.379 e. The van der Waals surface area contributed by atoms with E-state index in [1.165, 1.54) is 15.5 Å². The lowest BCUT2D eigenvalue weighted by molar-refractivity contribution is 0.0373. The van der Waals surface area contributed by atoms with Gasteiger partial charge in [-0.3, -0.25) is 5.01 Å². The molecule has 21 heavy (non-hydrogen) atoms. The molecule has 0 aliphatic carbocycles. The third kappa shape index (κ3) is 2.42. The third-order valence-electron chi connectivity index (χ3n) is 3.73. The first-order valence-electron chi connectivity index (χ1n) is 7.02. The van der Waals surface area contributed by atoms with E-state index in [1.54, 1.807) is 11.8 Å². The highest BCUT2D eigenvalue weighted by molar-refractivity contribution is 7.99. The van der Waals surface area contributed by atoms with Gasteiger partial charge in [-0.1, -0.05) is 35.5 Å².